The van der Waals surface area contributed by atoms with Gasteiger partial charge < -0.3 is 29.3 Å². The molecule has 2 rings (SSSR count). The minimum Gasteiger partial charge on any atom is -0.545 e. The Bertz CT molecular complexity index is 1470. The zero-order valence-electron chi connectivity index (χ0n) is 47.0. The minimum absolute atomic E-state index is 0. The van der Waals surface area contributed by atoms with Gasteiger partial charge in [-0.1, -0.05) is 269 Å². The number of aromatic carboxylic acids is 2. The van der Waals surface area contributed by atoms with Crippen molar-refractivity contribution in [3.05, 3.63) is 109 Å². The van der Waals surface area contributed by atoms with Crippen LogP contribution in [0.25, 0.3) is 0 Å². The van der Waals surface area contributed by atoms with E-state index in [4.69, 9.17) is 9.47 Å². The predicted molar refractivity (Wildman–Crippen MR) is 306 cm³/mol. The van der Waals surface area contributed by atoms with E-state index >= 15 is 0 Å². The van der Waals surface area contributed by atoms with Crippen molar-refractivity contribution in [1.29, 1.82) is 0 Å². The van der Waals surface area contributed by atoms with Crippen molar-refractivity contribution in [2.75, 3.05) is 13.2 Å². The maximum absolute atomic E-state index is 12.0. The number of esters is 2. The van der Waals surface area contributed by atoms with E-state index in [-0.39, 0.29) is 46.2 Å². The standard InChI is InChI=1S/2C24H36O4.2C8H17.Sn/c2*1-2-3-4-5-6-7-8-9-10-11-12-13-14-17-20-28-24(27)22-19-16-15-18-21(22)23(25)26;2*1-3-5-7-8-6-4-2;/h2*7-8,15-16,18-19H,2-6,9-14,17,20H2,1H3,(H,25,26);2*1,3-8H2,2H3;/q;;;;+2/p-2/b2*8-7+;;;. The van der Waals surface area contributed by atoms with Crippen LogP contribution in [0.3, 0.4) is 0 Å². The first-order chi connectivity index (χ1) is 35.2. The molecule has 9 heteroatoms. The largest absolute Gasteiger partial charge is 2.00 e. The molecule has 0 bridgehead atoms. The molecule has 2 aromatic carbocycles. The smallest absolute Gasteiger partial charge is 0.545 e. The van der Waals surface area contributed by atoms with Crippen LogP contribution in [0.2, 0.25) is 0 Å². The number of unbranched alkanes of at least 4 members (excludes halogenated alkanes) is 30. The Morgan fingerprint density at radius 2 is 0.603 bits per heavy atom. The van der Waals surface area contributed by atoms with Crippen molar-refractivity contribution in [1.82, 2.24) is 0 Å². The summed E-state index contributed by atoms with van der Waals surface area (Å²) in [5.41, 5.74) is -0.133. The molecule has 0 saturated heterocycles. The van der Waals surface area contributed by atoms with Crippen LogP contribution in [-0.2, 0) is 9.47 Å². The van der Waals surface area contributed by atoms with Gasteiger partial charge >= 0.3 is 35.8 Å². The summed E-state index contributed by atoms with van der Waals surface area (Å²) >= 11 is 0. The molecule has 0 amide bonds. The van der Waals surface area contributed by atoms with Gasteiger partial charge in [-0.2, -0.15) is 0 Å². The van der Waals surface area contributed by atoms with Crippen molar-refractivity contribution < 1.29 is 38.9 Å². The predicted octanol–water partition coefficient (Wildman–Crippen LogP) is 16.9. The zero-order chi connectivity index (χ0) is 53.4. The van der Waals surface area contributed by atoms with Crippen molar-refractivity contribution in [3.8, 4) is 0 Å². The third-order valence-electron chi connectivity index (χ3n) is 12.2. The van der Waals surface area contributed by atoms with Gasteiger partial charge in [-0.25, -0.2) is 9.59 Å². The van der Waals surface area contributed by atoms with Crippen LogP contribution in [0.4, 0.5) is 0 Å². The van der Waals surface area contributed by atoms with Gasteiger partial charge in [-0.15, -0.1) is 0 Å². The third kappa shape index (κ3) is 49.3. The zero-order valence-corrected chi connectivity index (χ0v) is 49.8. The Morgan fingerprint density at radius 1 is 0.370 bits per heavy atom. The second-order valence-electron chi connectivity index (χ2n) is 18.9. The van der Waals surface area contributed by atoms with Crippen LogP contribution < -0.4 is 10.2 Å². The quantitative estimate of drug-likeness (QED) is 0.0278. The van der Waals surface area contributed by atoms with Crippen LogP contribution in [-0.4, -0.2) is 61.0 Å². The average Bonchev–Trinajstić information content (AvgIpc) is 3.39. The molecule has 0 N–H and O–H groups in total. The Labute approximate surface area is 465 Å². The number of ether oxygens (including phenoxy) is 2. The molecular weight excluding hydrogens is 1020 g/mol. The topological polar surface area (TPSA) is 133 Å². The molecule has 4 radical (unpaired) electrons. The summed E-state index contributed by atoms with van der Waals surface area (Å²) in [5.74, 6) is -3.92. The average molecular weight is 1120 g/mol. The normalized spacial score (nSPS) is 10.6. The molecule has 73 heavy (non-hydrogen) atoms. The number of rotatable bonds is 42. The first kappa shape index (κ1) is 73.8. The molecule has 8 nitrogen and oxygen atoms in total. The van der Waals surface area contributed by atoms with E-state index in [0.29, 0.717) is 13.2 Å². The van der Waals surface area contributed by atoms with E-state index in [1.165, 1.54) is 204 Å². The summed E-state index contributed by atoms with van der Waals surface area (Å²) in [4.78, 5) is 46.0. The molecule has 0 saturated carbocycles. The fourth-order valence-corrected chi connectivity index (χ4v) is 7.72. The van der Waals surface area contributed by atoms with Crippen molar-refractivity contribution in [2.45, 2.75) is 259 Å². The summed E-state index contributed by atoms with van der Waals surface area (Å²) in [6, 6.07) is 12.0. The van der Waals surface area contributed by atoms with Gasteiger partial charge in [0.2, 0.25) is 0 Å². The van der Waals surface area contributed by atoms with Gasteiger partial charge in [0.25, 0.3) is 0 Å². The second kappa shape index (κ2) is 59.5. The molecule has 2 aromatic rings. The summed E-state index contributed by atoms with van der Waals surface area (Å²) in [6.07, 6.45) is 53.8. The minimum atomic E-state index is -1.36. The molecule has 0 aliphatic heterocycles. The number of hydrogen-bond donors (Lipinski definition) is 0. The first-order valence-corrected chi connectivity index (χ1v) is 29.0. The van der Waals surface area contributed by atoms with Gasteiger partial charge in [0.15, 0.2) is 0 Å². The number of carbonyl (C=O) groups is 4. The molecule has 0 aliphatic rings. The summed E-state index contributed by atoms with van der Waals surface area (Å²) in [5, 5.41) is 22.0. The Hall–Kier alpha value is -3.40. The molecule has 0 fully saturated rings. The van der Waals surface area contributed by atoms with E-state index in [0.717, 1.165) is 51.4 Å². The summed E-state index contributed by atoms with van der Waals surface area (Å²) in [7, 11) is 0. The van der Waals surface area contributed by atoms with E-state index in [9.17, 15) is 29.4 Å². The van der Waals surface area contributed by atoms with Gasteiger partial charge in [0, 0.05) is 11.1 Å². The summed E-state index contributed by atoms with van der Waals surface area (Å²) < 4.78 is 10.4. The maximum atomic E-state index is 12.0. The molecular formula is C64H104O8Sn. The first-order valence-electron chi connectivity index (χ1n) is 29.0. The van der Waals surface area contributed by atoms with Crippen LogP contribution in [0, 0.1) is 13.8 Å². The molecule has 0 atom stereocenters. The van der Waals surface area contributed by atoms with Crippen molar-refractivity contribution in [2.24, 2.45) is 0 Å². The van der Waals surface area contributed by atoms with Crippen LogP contribution in [0.1, 0.15) is 300 Å². The Kier molecular flexibility index (Phi) is 60.2. The molecule has 0 unspecified atom stereocenters. The number of carboxylic acid groups (broad SMARTS) is 2. The van der Waals surface area contributed by atoms with Crippen molar-refractivity contribution in [3.63, 3.8) is 0 Å². The van der Waals surface area contributed by atoms with Gasteiger partial charge in [-0.05, 0) is 76.3 Å². The number of benzene rings is 2. The monoisotopic (exact) mass is 1120 g/mol. The number of hydrogen-bond acceptors (Lipinski definition) is 8. The van der Waals surface area contributed by atoms with Crippen molar-refractivity contribution >= 4 is 47.8 Å². The summed E-state index contributed by atoms with van der Waals surface area (Å²) in [6.45, 7) is 17.2. The van der Waals surface area contributed by atoms with Crippen LogP contribution in [0.5, 0.6) is 0 Å². The Balaban J connectivity index is -0.00000102. The SMILES string of the molecule is CCCCCC/C=C/CCCCCCCCOC(=O)c1ccccc1C(=O)[O-].CCCCCC/C=C/CCCCCCCCOC(=O)c1ccccc1C(=O)[O-].[CH2]CCCCCCC.[CH2]CCCCCCC.[Sn+2]. The molecule has 0 aromatic heterocycles. The van der Waals surface area contributed by atoms with Crippen LogP contribution >= 0.6 is 0 Å². The fraction of sp³-hybridized carbons (Fsp3) is 0.656. The van der Waals surface area contributed by atoms with Gasteiger partial charge in [-0.3, -0.25) is 0 Å². The number of carboxylic acids is 2. The molecule has 0 heterocycles. The number of allylic oxidation sites excluding steroid dienone is 4. The van der Waals surface area contributed by atoms with E-state index in [2.05, 4.69) is 65.8 Å². The van der Waals surface area contributed by atoms with Crippen LogP contribution in [0.15, 0.2) is 72.8 Å². The maximum Gasteiger partial charge on any atom is 2.00 e. The second-order valence-corrected chi connectivity index (χ2v) is 18.9. The number of carbonyl (C=O) groups excluding carboxylic acids is 4. The van der Waals surface area contributed by atoms with E-state index < -0.39 is 23.9 Å². The van der Waals surface area contributed by atoms with Gasteiger partial charge in [0.05, 0.1) is 36.3 Å². The van der Waals surface area contributed by atoms with Gasteiger partial charge in [0.1, 0.15) is 0 Å². The third-order valence-corrected chi connectivity index (χ3v) is 12.2. The molecule has 412 valence electrons. The van der Waals surface area contributed by atoms with E-state index in [1.54, 1.807) is 24.3 Å². The Morgan fingerprint density at radius 3 is 0.877 bits per heavy atom. The molecule has 0 spiro atoms. The fourth-order valence-electron chi connectivity index (χ4n) is 7.72. The van der Waals surface area contributed by atoms with E-state index in [1.807, 2.05) is 0 Å². The molecule has 0 aliphatic carbocycles.